The molecule has 12 heteroatoms. The molecule has 5 aromatic rings. The lowest BCUT2D eigenvalue weighted by molar-refractivity contribution is 0.0822. The Hall–Kier alpha value is -4.72. The van der Waals surface area contributed by atoms with Crippen LogP contribution in [0.15, 0.2) is 48.7 Å². The monoisotopic (exact) mass is 658 g/mol. The van der Waals surface area contributed by atoms with Crippen LogP contribution < -0.4 is 0 Å². The lowest BCUT2D eigenvalue weighted by Gasteiger charge is -2.22. The summed E-state index contributed by atoms with van der Waals surface area (Å²) in [7, 11) is 4.64. The molecule has 2 aromatic carbocycles. The average molecular weight is 660 g/mol. The molecule has 6 rings (SSSR count). The number of aromatic amines is 1. The van der Waals surface area contributed by atoms with E-state index in [0.717, 1.165) is 12.1 Å². The van der Waals surface area contributed by atoms with E-state index in [1.165, 1.54) is 12.0 Å². The number of nitriles is 1. The number of pyridine rings is 2. The molecule has 1 atom stereocenters. The van der Waals surface area contributed by atoms with Crippen molar-refractivity contribution < 1.29 is 18.7 Å². The van der Waals surface area contributed by atoms with Crippen LogP contribution in [0.4, 0.5) is 9.18 Å². The summed E-state index contributed by atoms with van der Waals surface area (Å²) in [6, 6.07) is 14.0. The van der Waals surface area contributed by atoms with Crippen LogP contribution in [-0.2, 0) is 11.2 Å². The number of aryl methyl sites for hydroxylation is 1. The number of methoxy groups -OCH3 is 1. The van der Waals surface area contributed by atoms with Crippen LogP contribution in [0.25, 0.3) is 44.2 Å². The number of rotatable bonds is 6. The van der Waals surface area contributed by atoms with E-state index in [-0.39, 0.29) is 51.6 Å². The van der Waals surface area contributed by atoms with Crippen molar-refractivity contribution in [2.75, 3.05) is 27.7 Å². The number of fused-ring (bicyclic) bond motifs is 3. The van der Waals surface area contributed by atoms with Crippen molar-refractivity contribution in [3.63, 3.8) is 0 Å². The highest BCUT2D eigenvalue weighted by Crippen LogP contribution is 2.43. The first kappa shape index (κ1) is 31.3. The molecule has 1 saturated heterocycles. The van der Waals surface area contributed by atoms with Gasteiger partial charge in [0, 0.05) is 66.4 Å². The summed E-state index contributed by atoms with van der Waals surface area (Å²) in [5.74, 6) is -0.867. The number of nitrogens with zero attached hydrogens (tertiary/aromatic N) is 5. The van der Waals surface area contributed by atoms with Crippen molar-refractivity contribution in [3.8, 4) is 28.5 Å². The molecule has 46 heavy (non-hydrogen) atoms. The van der Waals surface area contributed by atoms with Crippen molar-refractivity contribution in [1.29, 1.82) is 5.26 Å². The maximum absolute atomic E-state index is 17.0. The molecule has 0 radical (unpaired) electrons. The minimum Gasteiger partial charge on any atom is -0.453 e. The van der Waals surface area contributed by atoms with E-state index in [4.69, 9.17) is 32.9 Å². The predicted molar refractivity (Wildman–Crippen MR) is 175 cm³/mol. The number of carbonyl (C=O) groups excluding carboxylic acids is 2. The number of amides is 2. The summed E-state index contributed by atoms with van der Waals surface area (Å²) < 4.78 is 22.0. The Morgan fingerprint density at radius 1 is 1.20 bits per heavy atom. The van der Waals surface area contributed by atoms with E-state index >= 15 is 4.39 Å². The third kappa shape index (κ3) is 5.40. The molecule has 0 spiro atoms. The fourth-order valence-electron chi connectivity index (χ4n) is 6.13. The van der Waals surface area contributed by atoms with Gasteiger partial charge in [-0.15, -0.1) is 0 Å². The van der Waals surface area contributed by atoms with Gasteiger partial charge in [0.1, 0.15) is 11.2 Å². The lowest BCUT2D eigenvalue weighted by atomic mass is 9.93. The Balaban J connectivity index is 1.65. The number of benzene rings is 2. The minimum atomic E-state index is -0.613. The van der Waals surface area contributed by atoms with Crippen molar-refractivity contribution in [2.24, 2.45) is 0 Å². The summed E-state index contributed by atoms with van der Waals surface area (Å²) in [6.45, 7) is 0.542. The van der Waals surface area contributed by atoms with Crippen LogP contribution in [0.1, 0.15) is 47.1 Å². The lowest BCUT2D eigenvalue weighted by Crippen LogP contribution is -2.30. The van der Waals surface area contributed by atoms with Crippen LogP contribution in [0, 0.1) is 17.1 Å². The molecule has 2 amide bonds. The summed E-state index contributed by atoms with van der Waals surface area (Å²) in [5, 5.41) is 11.1. The Morgan fingerprint density at radius 3 is 2.70 bits per heavy atom. The topological polar surface area (TPSA) is 115 Å². The molecule has 0 aliphatic carbocycles. The van der Waals surface area contributed by atoms with E-state index < -0.39 is 11.9 Å². The van der Waals surface area contributed by atoms with Crippen LogP contribution in [0.5, 0.6) is 0 Å². The Kier molecular flexibility index (Phi) is 8.55. The van der Waals surface area contributed by atoms with Crippen molar-refractivity contribution in [1.82, 2.24) is 24.8 Å². The normalized spacial score (nSPS) is 14.5. The third-order valence-corrected chi connectivity index (χ3v) is 9.14. The van der Waals surface area contributed by atoms with Crippen LogP contribution in [0.3, 0.4) is 0 Å². The fourth-order valence-corrected chi connectivity index (χ4v) is 6.52. The quantitative estimate of drug-likeness (QED) is 0.198. The van der Waals surface area contributed by atoms with E-state index in [2.05, 4.69) is 16.0 Å². The second-order valence-electron chi connectivity index (χ2n) is 11.3. The molecule has 1 fully saturated rings. The largest absolute Gasteiger partial charge is 0.453 e. The van der Waals surface area contributed by atoms with Gasteiger partial charge in [-0.1, -0.05) is 35.3 Å². The first-order chi connectivity index (χ1) is 22.1. The van der Waals surface area contributed by atoms with Gasteiger partial charge in [-0.2, -0.15) is 5.26 Å². The number of carbonyl (C=O) groups is 2. The molecule has 1 aliphatic rings. The van der Waals surface area contributed by atoms with E-state index in [1.54, 1.807) is 55.5 Å². The Bertz CT molecular complexity index is 2060. The number of H-pyrrole nitrogens is 1. The number of nitrogens with one attached hydrogen (secondary N) is 1. The van der Waals surface area contributed by atoms with Crippen LogP contribution >= 0.6 is 23.2 Å². The zero-order valence-electron chi connectivity index (χ0n) is 25.3. The second kappa shape index (κ2) is 12.6. The maximum Gasteiger partial charge on any atom is 0.410 e. The van der Waals surface area contributed by atoms with Gasteiger partial charge in [-0.05, 0) is 55.2 Å². The molecule has 4 heterocycles. The van der Waals surface area contributed by atoms with E-state index in [9.17, 15) is 14.9 Å². The average Bonchev–Trinajstić information content (AvgIpc) is 3.73. The van der Waals surface area contributed by atoms with Gasteiger partial charge in [0.05, 0.1) is 40.5 Å². The number of likely N-dealkylation sites (tertiary alicyclic amines) is 1. The number of aromatic nitrogens is 3. The van der Waals surface area contributed by atoms with E-state index in [0.29, 0.717) is 51.6 Å². The van der Waals surface area contributed by atoms with Crippen LogP contribution in [-0.4, -0.2) is 64.5 Å². The number of halogens is 3. The zero-order chi connectivity index (χ0) is 32.7. The number of hydrogen-bond donors (Lipinski definition) is 1. The molecule has 1 N–H and O–H groups in total. The highest BCUT2D eigenvalue weighted by molar-refractivity contribution is 6.43. The summed E-state index contributed by atoms with van der Waals surface area (Å²) in [6.07, 6.45) is 3.04. The molecular weight excluding hydrogens is 630 g/mol. The first-order valence-corrected chi connectivity index (χ1v) is 15.4. The third-order valence-electron chi connectivity index (χ3n) is 8.32. The molecule has 0 bridgehead atoms. The zero-order valence-corrected chi connectivity index (χ0v) is 26.8. The number of hydrogen-bond acceptors (Lipinski definition) is 6. The second-order valence-corrected chi connectivity index (χ2v) is 12.1. The minimum absolute atomic E-state index is 0.0762. The smallest absolute Gasteiger partial charge is 0.410 e. The van der Waals surface area contributed by atoms with Crippen LogP contribution in [0.2, 0.25) is 10.0 Å². The molecule has 234 valence electrons. The maximum atomic E-state index is 17.0. The highest BCUT2D eigenvalue weighted by Gasteiger charge is 2.33. The fraction of sp³-hybridized carbons (Fsp3) is 0.265. The summed E-state index contributed by atoms with van der Waals surface area (Å²) in [5.41, 5.74) is 3.90. The van der Waals surface area contributed by atoms with Gasteiger partial charge in [0.15, 0.2) is 5.82 Å². The van der Waals surface area contributed by atoms with Gasteiger partial charge >= 0.3 is 6.09 Å². The Morgan fingerprint density at radius 2 is 2.00 bits per heavy atom. The standard InChI is InChI=1S/C34H29Cl2FN6O3/c1-42(2)33(44)24-12-11-19(17-39-24)30-22-16-25(26-10-6-14-43(26)34(45)46-3)40-31(22)21-15-18(7-5-13-38)27(29(37)32(21)41-30)20-8-4-9-23(35)28(20)36/h4,8-9,11-12,15-17,26,40H,5-7,10,14H2,1-3H3. The van der Waals surface area contributed by atoms with Gasteiger partial charge in [0.25, 0.3) is 5.91 Å². The van der Waals surface area contributed by atoms with Crippen molar-refractivity contribution in [3.05, 3.63) is 81.5 Å². The van der Waals surface area contributed by atoms with Crippen molar-refractivity contribution >= 4 is 57.0 Å². The SMILES string of the molecule is COC(=O)N1CCCC1c1cc2c(-c3ccc(C(=O)N(C)C)nc3)nc3c(F)c(-c4cccc(Cl)c4Cl)c(CCC#N)cc3c2[nH]1. The summed E-state index contributed by atoms with van der Waals surface area (Å²) >= 11 is 12.9. The number of ether oxygens (including phenoxy) is 1. The molecule has 3 aromatic heterocycles. The van der Waals surface area contributed by atoms with Gasteiger partial charge in [-0.3, -0.25) is 14.7 Å². The molecular formula is C34H29Cl2FN6O3. The molecule has 1 aliphatic heterocycles. The summed E-state index contributed by atoms with van der Waals surface area (Å²) in [4.78, 5) is 41.0. The van der Waals surface area contributed by atoms with E-state index in [1.807, 2.05) is 12.1 Å². The highest BCUT2D eigenvalue weighted by atomic mass is 35.5. The molecule has 1 unspecified atom stereocenters. The van der Waals surface area contributed by atoms with Crippen molar-refractivity contribution in [2.45, 2.75) is 31.7 Å². The molecule has 0 saturated carbocycles. The predicted octanol–water partition coefficient (Wildman–Crippen LogP) is 7.95. The Labute approximate surface area is 274 Å². The first-order valence-electron chi connectivity index (χ1n) is 14.7. The van der Waals surface area contributed by atoms with Gasteiger partial charge in [0.2, 0.25) is 0 Å². The van der Waals surface area contributed by atoms with Gasteiger partial charge < -0.3 is 14.6 Å². The molecule has 9 nitrogen and oxygen atoms in total. The van der Waals surface area contributed by atoms with Gasteiger partial charge in [-0.25, -0.2) is 14.2 Å².